The molecule has 8 heteroatoms. The summed E-state index contributed by atoms with van der Waals surface area (Å²) in [7, 11) is 1.54. The lowest BCUT2D eigenvalue weighted by atomic mass is 10.1. The molecular weight excluding hydrogens is 437 g/mol. The molecule has 0 radical (unpaired) electrons. The Labute approximate surface area is 196 Å². The normalized spacial score (nSPS) is 11.7. The fraction of sp³-hybridized carbons (Fsp3) is 0.192. The molecule has 2 heterocycles. The van der Waals surface area contributed by atoms with Crippen LogP contribution in [0.25, 0.3) is 10.9 Å². The monoisotopic (exact) mass is 461 g/mol. The second kappa shape index (κ2) is 10.7. The van der Waals surface area contributed by atoms with Gasteiger partial charge in [0, 0.05) is 41.9 Å². The molecule has 0 saturated carbocycles. The molecule has 2 N–H and O–H groups in total. The van der Waals surface area contributed by atoms with Crippen LogP contribution < -0.4 is 15.2 Å². The Bertz CT molecular complexity index is 1280. The van der Waals surface area contributed by atoms with Gasteiger partial charge < -0.3 is 19.9 Å². The topological polar surface area (TPSA) is 96.6 Å². The Morgan fingerprint density at radius 1 is 1.09 bits per heavy atom. The number of hydrogen-bond donors (Lipinski definition) is 1. The van der Waals surface area contributed by atoms with Gasteiger partial charge in [-0.15, -0.1) is 0 Å². The fourth-order valence-electron chi connectivity index (χ4n) is 3.51. The fourth-order valence-corrected chi connectivity index (χ4v) is 3.51. The molecule has 0 unspecified atom stereocenters. The van der Waals surface area contributed by atoms with Crippen LogP contribution in [0.15, 0.2) is 72.9 Å². The van der Waals surface area contributed by atoms with Crippen LogP contribution in [0.4, 0.5) is 4.39 Å². The van der Waals surface area contributed by atoms with Crippen molar-refractivity contribution in [2.45, 2.75) is 19.1 Å². The van der Waals surface area contributed by atoms with Crippen LogP contribution in [-0.2, 0) is 17.8 Å². The van der Waals surface area contributed by atoms with Crippen LogP contribution in [0.1, 0.15) is 21.6 Å². The first kappa shape index (κ1) is 23.1. The van der Waals surface area contributed by atoms with Gasteiger partial charge in [0.1, 0.15) is 30.0 Å². The molecule has 174 valence electrons. The maximum atomic E-state index is 14.7. The largest absolute Gasteiger partial charge is 0.491 e. The Morgan fingerprint density at radius 3 is 2.71 bits per heavy atom. The van der Waals surface area contributed by atoms with Crippen molar-refractivity contribution < 1.29 is 23.4 Å². The van der Waals surface area contributed by atoms with Crippen molar-refractivity contribution in [2.75, 3.05) is 13.7 Å². The molecule has 2 aromatic heterocycles. The number of pyridine rings is 2. The second-order valence-electron chi connectivity index (χ2n) is 7.64. The predicted octanol–water partition coefficient (Wildman–Crippen LogP) is 4.08. The zero-order valence-electron chi connectivity index (χ0n) is 18.6. The van der Waals surface area contributed by atoms with E-state index in [0.29, 0.717) is 17.7 Å². The summed E-state index contributed by atoms with van der Waals surface area (Å²) < 4.78 is 31.2. The number of methoxy groups -OCH3 is 1. The molecule has 4 aromatic rings. The first-order valence-electron chi connectivity index (χ1n) is 10.7. The van der Waals surface area contributed by atoms with Gasteiger partial charge in [0.25, 0.3) is 0 Å². The van der Waals surface area contributed by atoms with Crippen molar-refractivity contribution in [2.24, 2.45) is 5.73 Å². The van der Waals surface area contributed by atoms with Crippen molar-refractivity contribution in [3.05, 3.63) is 95.6 Å². The van der Waals surface area contributed by atoms with Crippen molar-refractivity contribution >= 4 is 16.9 Å². The molecule has 7 nitrogen and oxygen atoms in total. The Kier molecular flexibility index (Phi) is 7.29. The highest BCUT2D eigenvalue weighted by atomic mass is 19.1. The Morgan fingerprint density at radius 2 is 1.91 bits per heavy atom. The summed E-state index contributed by atoms with van der Waals surface area (Å²) in [6.07, 6.45) is 1.87. The van der Waals surface area contributed by atoms with Gasteiger partial charge in [-0.3, -0.25) is 4.98 Å². The summed E-state index contributed by atoms with van der Waals surface area (Å²) in [4.78, 5) is 21.5. The molecule has 4 rings (SSSR count). The number of hydrogen-bond acceptors (Lipinski definition) is 7. The van der Waals surface area contributed by atoms with Crippen molar-refractivity contribution in [1.29, 1.82) is 0 Å². The number of carbonyl (C=O) groups excluding carboxylic acids is 1. The third kappa shape index (κ3) is 5.47. The molecule has 0 amide bonds. The number of aromatic nitrogens is 2. The summed E-state index contributed by atoms with van der Waals surface area (Å²) in [5.41, 5.74) is 7.95. The van der Waals surface area contributed by atoms with Crippen molar-refractivity contribution in [1.82, 2.24) is 9.97 Å². The molecule has 2 aromatic carbocycles. The van der Waals surface area contributed by atoms with Crippen LogP contribution in [0, 0.1) is 5.82 Å². The smallest absolute Gasteiger partial charge is 0.342 e. The van der Waals surface area contributed by atoms with E-state index >= 15 is 0 Å². The zero-order chi connectivity index (χ0) is 23.9. The van der Waals surface area contributed by atoms with Gasteiger partial charge in [-0.25, -0.2) is 14.2 Å². The van der Waals surface area contributed by atoms with E-state index in [1.54, 1.807) is 18.2 Å². The highest BCUT2D eigenvalue weighted by Gasteiger charge is 2.22. The average Bonchev–Trinajstić information content (AvgIpc) is 2.87. The molecular formula is C26H24FN3O4. The maximum Gasteiger partial charge on any atom is 0.342 e. The van der Waals surface area contributed by atoms with Gasteiger partial charge in [0.2, 0.25) is 5.88 Å². The minimum absolute atomic E-state index is 0.0308. The number of rotatable bonds is 9. The quantitative estimate of drug-likeness (QED) is 0.375. The second-order valence-corrected chi connectivity index (χ2v) is 7.64. The number of carbonyl (C=O) groups is 1. The maximum absolute atomic E-state index is 14.7. The van der Waals surface area contributed by atoms with E-state index in [0.717, 1.165) is 17.3 Å². The van der Waals surface area contributed by atoms with Gasteiger partial charge in [-0.2, -0.15) is 0 Å². The molecule has 34 heavy (non-hydrogen) atoms. The van der Waals surface area contributed by atoms with E-state index in [1.807, 2.05) is 42.5 Å². The van der Waals surface area contributed by atoms with E-state index in [4.69, 9.17) is 19.9 Å². The lowest BCUT2D eigenvalue weighted by Gasteiger charge is -2.17. The van der Waals surface area contributed by atoms with Crippen molar-refractivity contribution in [3.63, 3.8) is 0 Å². The lowest BCUT2D eigenvalue weighted by Crippen LogP contribution is -2.31. The van der Waals surface area contributed by atoms with Crippen LogP contribution >= 0.6 is 0 Å². The summed E-state index contributed by atoms with van der Waals surface area (Å²) in [5.74, 6) is -0.712. The van der Waals surface area contributed by atoms with E-state index in [-0.39, 0.29) is 30.0 Å². The molecule has 0 aliphatic heterocycles. The van der Waals surface area contributed by atoms with Crippen LogP contribution in [0.2, 0.25) is 0 Å². The highest BCUT2D eigenvalue weighted by molar-refractivity contribution is 6.06. The summed E-state index contributed by atoms with van der Waals surface area (Å²) >= 11 is 0. The number of esters is 1. The molecule has 0 saturated heterocycles. The number of nitrogens with two attached hydrogens (primary N) is 1. The highest BCUT2D eigenvalue weighted by Crippen LogP contribution is 2.31. The molecule has 1 atom stereocenters. The third-order valence-electron chi connectivity index (χ3n) is 5.14. The van der Waals surface area contributed by atoms with Crippen LogP contribution in [0.5, 0.6) is 11.6 Å². The van der Waals surface area contributed by atoms with E-state index in [1.165, 1.54) is 13.3 Å². The van der Waals surface area contributed by atoms with E-state index in [9.17, 15) is 9.18 Å². The lowest BCUT2D eigenvalue weighted by molar-refractivity contribution is 0.0470. The van der Waals surface area contributed by atoms with Crippen molar-refractivity contribution in [3.8, 4) is 11.6 Å². The molecule has 0 aliphatic carbocycles. The molecule has 0 bridgehead atoms. The number of ether oxygens (including phenoxy) is 3. The Hall–Kier alpha value is -4.04. The summed E-state index contributed by atoms with van der Waals surface area (Å²) in [6, 6.07) is 18.6. The zero-order valence-corrected chi connectivity index (χ0v) is 18.6. The average molecular weight is 461 g/mol. The minimum atomic E-state index is -0.639. The molecule has 0 spiro atoms. The van der Waals surface area contributed by atoms with Gasteiger partial charge >= 0.3 is 5.97 Å². The standard InChI is InChI=1S/C26H24FN3O4/c1-32-23-11-5-9-19(30-23)13-18(28)16-33-22-14-21(27)25-20(10-6-12-29-25)24(22)26(31)34-15-17-7-3-2-4-8-17/h2-12,14,18H,13,15-16,28H2,1H3/t18-/m1/s1. The summed E-state index contributed by atoms with van der Waals surface area (Å²) in [5, 5.41) is 0.304. The van der Waals surface area contributed by atoms with E-state index in [2.05, 4.69) is 9.97 Å². The summed E-state index contributed by atoms with van der Waals surface area (Å²) in [6.45, 7) is 0.0995. The number of nitrogens with zero attached hydrogens (tertiary/aromatic N) is 2. The minimum Gasteiger partial charge on any atom is -0.491 e. The first-order chi connectivity index (χ1) is 16.5. The van der Waals surface area contributed by atoms with Crippen LogP contribution in [0.3, 0.4) is 0 Å². The molecule has 0 aliphatic rings. The molecule has 0 fully saturated rings. The Balaban J connectivity index is 1.55. The third-order valence-corrected chi connectivity index (χ3v) is 5.14. The van der Waals surface area contributed by atoms with Crippen LogP contribution in [-0.4, -0.2) is 35.7 Å². The SMILES string of the molecule is COc1cccc(C[C@@H](N)COc2cc(F)c3ncccc3c2C(=O)OCc2ccccc2)n1. The van der Waals surface area contributed by atoms with E-state index < -0.39 is 17.8 Å². The number of halogens is 1. The number of benzene rings is 2. The van der Waals surface area contributed by atoms with Gasteiger partial charge in [0.15, 0.2) is 5.82 Å². The van der Waals surface area contributed by atoms with Gasteiger partial charge in [0.05, 0.1) is 7.11 Å². The number of fused-ring (bicyclic) bond motifs is 1. The first-order valence-corrected chi connectivity index (χ1v) is 10.7. The van der Waals surface area contributed by atoms with Gasteiger partial charge in [-0.05, 0) is 17.7 Å². The predicted molar refractivity (Wildman–Crippen MR) is 125 cm³/mol. The van der Waals surface area contributed by atoms with Gasteiger partial charge in [-0.1, -0.05) is 42.5 Å².